The van der Waals surface area contributed by atoms with E-state index in [4.69, 9.17) is 4.74 Å². The summed E-state index contributed by atoms with van der Waals surface area (Å²) in [5.74, 6) is -0.669. The summed E-state index contributed by atoms with van der Waals surface area (Å²) in [5.41, 5.74) is 1.73. The van der Waals surface area contributed by atoms with Crippen molar-refractivity contribution in [2.24, 2.45) is 0 Å². The number of hydrogen-bond acceptors (Lipinski definition) is 7. The summed E-state index contributed by atoms with van der Waals surface area (Å²) < 4.78 is 5.09. The van der Waals surface area contributed by atoms with E-state index in [1.807, 2.05) is 39.7 Å². The molecule has 0 fully saturated rings. The van der Waals surface area contributed by atoms with Gasteiger partial charge in [-0.2, -0.15) is 11.3 Å². The first-order chi connectivity index (χ1) is 12.1. The molecule has 3 heterocycles. The molecule has 3 aromatic rings. The number of esters is 1. The molecule has 3 aromatic heterocycles. The molecule has 0 N–H and O–H groups in total. The fraction of sp³-hybridized carbons (Fsp3) is 0.235. The van der Waals surface area contributed by atoms with Crippen LogP contribution in [0.4, 0.5) is 0 Å². The maximum Gasteiger partial charge on any atom is 0.312 e. The number of carbonyl (C=O) groups excluding carboxylic acids is 2. The highest BCUT2D eigenvalue weighted by Crippen LogP contribution is 2.27. The van der Waals surface area contributed by atoms with E-state index in [1.165, 1.54) is 11.3 Å². The van der Waals surface area contributed by atoms with Crippen molar-refractivity contribution >= 4 is 45.9 Å². The molecule has 0 unspecified atom stereocenters. The van der Waals surface area contributed by atoms with Crippen LogP contribution in [-0.2, 0) is 27.3 Å². The number of amides is 1. The van der Waals surface area contributed by atoms with Gasteiger partial charge in [0.1, 0.15) is 5.01 Å². The van der Waals surface area contributed by atoms with Gasteiger partial charge in [-0.1, -0.05) is 6.07 Å². The molecule has 3 rings (SSSR count). The van der Waals surface area contributed by atoms with Crippen molar-refractivity contribution in [2.75, 3.05) is 13.7 Å². The quantitative estimate of drug-likeness (QED) is 0.576. The van der Waals surface area contributed by atoms with Crippen LogP contribution in [-0.4, -0.2) is 35.4 Å². The summed E-state index contributed by atoms with van der Waals surface area (Å²) in [6.07, 6.45) is 0.0728. The Hall–Kier alpha value is -2.03. The number of thiophene rings is 2. The van der Waals surface area contributed by atoms with Gasteiger partial charge in [0.15, 0.2) is 6.61 Å². The third-order valence-corrected chi connectivity index (χ3v) is 6.05. The lowest BCUT2D eigenvalue weighted by Crippen LogP contribution is -2.30. The van der Waals surface area contributed by atoms with Crippen molar-refractivity contribution in [2.45, 2.75) is 13.0 Å². The average Bonchev–Trinajstić information content (AvgIpc) is 3.34. The van der Waals surface area contributed by atoms with Crippen molar-refractivity contribution in [1.82, 2.24) is 9.88 Å². The van der Waals surface area contributed by atoms with Gasteiger partial charge in [-0.05, 0) is 33.8 Å². The summed E-state index contributed by atoms with van der Waals surface area (Å²) in [6, 6.07) is 5.93. The monoisotopic (exact) mass is 392 g/mol. The SMILES string of the molecule is CN(Cc1ccsc1)C(=O)COC(=O)Cc1csc(-c2cccs2)n1. The predicted molar refractivity (Wildman–Crippen MR) is 101 cm³/mol. The second-order valence-corrected chi connectivity index (χ2v) is 7.93. The van der Waals surface area contributed by atoms with Crippen LogP contribution >= 0.6 is 34.0 Å². The molecule has 0 aromatic carbocycles. The van der Waals surface area contributed by atoms with E-state index in [0.717, 1.165) is 15.4 Å². The summed E-state index contributed by atoms with van der Waals surface area (Å²) >= 11 is 4.69. The van der Waals surface area contributed by atoms with Crippen LogP contribution in [0.1, 0.15) is 11.3 Å². The van der Waals surface area contributed by atoms with E-state index in [0.29, 0.717) is 12.2 Å². The molecule has 0 bridgehead atoms. The molecule has 8 heteroatoms. The van der Waals surface area contributed by atoms with Crippen molar-refractivity contribution in [3.63, 3.8) is 0 Å². The van der Waals surface area contributed by atoms with Crippen molar-refractivity contribution in [3.8, 4) is 9.88 Å². The highest BCUT2D eigenvalue weighted by atomic mass is 32.1. The number of nitrogens with zero attached hydrogens (tertiary/aromatic N) is 2. The second-order valence-electron chi connectivity index (χ2n) is 5.34. The lowest BCUT2D eigenvalue weighted by Gasteiger charge is -2.16. The first-order valence-corrected chi connectivity index (χ1v) is 10.2. The minimum absolute atomic E-state index is 0.0728. The van der Waals surface area contributed by atoms with Crippen LogP contribution < -0.4 is 0 Å². The van der Waals surface area contributed by atoms with E-state index in [2.05, 4.69) is 4.98 Å². The average molecular weight is 393 g/mol. The zero-order valence-corrected chi connectivity index (χ0v) is 16.0. The maximum atomic E-state index is 12.0. The highest BCUT2D eigenvalue weighted by Gasteiger charge is 2.15. The number of aromatic nitrogens is 1. The Labute approximate surface area is 157 Å². The van der Waals surface area contributed by atoms with Crippen LogP contribution in [0.15, 0.2) is 39.7 Å². The lowest BCUT2D eigenvalue weighted by molar-refractivity contribution is -0.151. The van der Waals surface area contributed by atoms with Crippen molar-refractivity contribution in [1.29, 1.82) is 0 Å². The van der Waals surface area contributed by atoms with Crippen molar-refractivity contribution < 1.29 is 14.3 Å². The van der Waals surface area contributed by atoms with Crippen LogP contribution in [0, 0.1) is 0 Å². The molecule has 25 heavy (non-hydrogen) atoms. The van der Waals surface area contributed by atoms with Gasteiger partial charge in [0.2, 0.25) is 0 Å². The van der Waals surface area contributed by atoms with E-state index < -0.39 is 5.97 Å². The van der Waals surface area contributed by atoms with E-state index in [1.54, 1.807) is 34.6 Å². The van der Waals surface area contributed by atoms with E-state index >= 15 is 0 Å². The Morgan fingerprint density at radius 2 is 2.08 bits per heavy atom. The number of rotatable bonds is 7. The minimum Gasteiger partial charge on any atom is -0.455 e. The minimum atomic E-state index is -0.444. The highest BCUT2D eigenvalue weighted by molar-refractivity contribution is 7.20. The van der Waals surface area contributed by atoms with Gasteiger partial charge in [-0.3, -0.25) is 9.59 Å². The van der Waals surface area contributed by atoms with Gasteiger partial charge in [-0.25, -0.2) is 4.98 Å². The maximum absolute atomic E-state index is 12.0. The molecule has 0 atom stereocenters. The Balaban J connectivity index is 1.45. The lowest BCUT2D eigenvalue weighted by atomic mass is 10.3. The van der Waals surface area contributed by atoms with Crippen LogP contribution in [0.2, 0.25) is 0 Å². The fourth-order valence-corrected chi connectivity index (χ4v) is 4.39. The molecule has 0 radical (unpaired) electrons. The Morgan fingerprint density at radius 1 is 1.20 bits per heavy atom. The standard InChI is InChI=1S/C17H16N2O3S3/c1-19(8-12-4-6-23-10-12)15(20)9-22-16(21)7-13-11-25-17(18-13)14-3-2-5-24-14/h2-6,10-11H,7-9H2,1H3. The molecule has 0 aliphatic heterocycles. The van der Waals surface area contributed by atoms with Gasteiger partial charge in [0.25, 0.3) is 5.91 Å². The Morgan fingerprint density at radius 3 is 2.80 bits per heavy atom. The van der Waals surface area contributed by atoms with Gasteiger partial charge >= 0.3 is 5.97 Å². The van der Waals surface area contributed by atoms with Crippen LogP contribution in [0.5, 0.6) is 0 Å². The molecule has 0 spiro atoms. The Kier molecular flexibility index (Phi) is 5.95. The number of carbonyl (C=O) groups is 2. The van der Waals surface area contributed by atoms with Crippen molar-refractivity contribution in [3.05, 3.63) is 51.0 Å². The number of likely N-dealkylation sites (N-methyl/N-ethyl adjacent to an activating group) is 1. The van der Waals surface area contributed by atoms with Gasteiger partial charge in [0, 0.05) is 19.0 Å². The molecule has 5 nitrogen and oxygen atoms in total. The topological polar surface area (TPSA) is 59.5 Å². The largest absolute Gasteiger partial charge is 0.455 e. The van der Waals surface area contributed by atoms with Gasteiger partial charge < -0.3 is 9.64 Å². The summed E-state index contributed by atoms with van der Waals surface area (Å²) in [4.78, 5) is 31.0. The van der Waals surface area contributed by atoms with Crippen LogP contribution in [0.3, 0.4) is 0 Å². The summed E-state index contributed by atoms with van der Waals surface area (Å²) in [5, 5.41) is 8.68. The number of ether oxygens (including phenoxy) is 1. The number of thiazole rings is 1. The molecular formula is C17H16N2O3S3. The number of hydrogen-bond donors (Lipinski definition) is 0. The smallest absolute Gasteiger partial charge is 0.312 e. The molecule has 1 amide bonds. The fourth-order valence-electron chi connectivity index (χ4n) is 2.10. The first kappa shape index (κ1) is 17.8. The summed E-state index contributed by atoms with van der Waals surface area (Å²) in [7, 11) is 1.70. The molecular weight excluding hydrogens is 376 g/mol. The molecule has 0 aliphatic rings. The predicted octanol–water partition coefficient (Wildman–Crippen LogP) is 3.68. The molecule has 0 saturated carbocycles. The summed E-state index contributed by atoms with van der Waals surface area (Å²) in [6.45, 7) is 0.261. The van der Waals surface area contributed by atoms with Crippen LogP contribution in [0.25, 0.3) is 9.88 Å². The third-order valence-electron chi connectivity index (χ3n) is 3.39. The molecule has 0 aliphatic carbocycles. The Bertz CT molecular complexity index is 825. The molecule has 130 valence electrons. The van der Waals surface area contributed by atoms with E-state index in [9.17, 15) is 9.59 Å². The molecule has 0 saturated heterocycles. The first-order valence-electron chi connectivity index (χ1n) is 7.51. The van der Waals surface area contributed by atoms with Gasteiger partial charge in [0.05, 0.1) is 17.0 Å². The normalized spacial score (nSPS) is 10.6. The third kappa shape index (κ3) is 4.97. The second kappa shape index (κ2) is 8.37. The van der Waals surface area contributed by atoms with E-state index in [-0.39, 0.29) is 18.9 Å². The van der Waals surface area contributed by atoms with Gasteiger partial charge in [-0.15, -0.1) is 22.7 Å². The zero-order chi connectivity index (χ0) is 17.6. The zero-order valence-electron chi connectivity index (χ0n) is 13.5.